The SMILES string of the molecule is CC(C)c1nc2ccc(C(=O)N3CCC[C@H]3c3cc(CN(C)C)n(C)n3)cc2[nH]1. The number of hydrogen-bond acceptors (Lipinski definition) is 4. The predicted molar refractivity (Wildman–Crippen MR) is 114 cm³/mol. The molecule has 3 heterocycles. The van der Waals surface area contributed by atoms with Crippen LogP contribution in [0.1, 0.15) is 66.2 Å². The average Bonchev–Trinajstić information content (AvgIpc) is 3.38. The molecule has 1 N–H and O–H groups in total. The number of nitrogens with zero attached hydrogens (tertiary/aromatic N) is 5. The van der Waals surface area contributed by atoms with Crippen LogP contribution < -0.4 is 0 Å². The fourth-order valence-electron chi connectivity index (χ4n) is 4.08. The lowest BCUT2D eigenvalue weighted by Crippen LogP contribution is -2.30. The highest BCUT2D eigenvalue weighted by Crippen LogP contribution is 2.33. The number of imidazole rings is 1. The van der Waals surface area contributed by atoms with Crippen LogP contribution in [-0.4, -0.2) is 56.1 Å². The first-order chi connectivity index (χ1) is 13.8. The Bertz CT molecular complexity index is 1030. The van der Waals surface area contributed by atoms with Crippen LogP contribution in [0.5, 0.6) is 0 Å². The van der Waals surface area contributed by atoms with Crippen molar-refractivity contribution < 1.29 is 4.79 Å². The monoisotopic (exact) mass is 394 g/mol. The molecule has 1 amide bonds. The van der Waals surface area contributed by atoms with E-state index in [0.717, 1.165) is 54.2 Å². The molecule has 154 valence electrons. The first-order valence-corrected chi connectivity index (χ1v) is 10.3. The van der Waals surface area contributed by atoms with E-state index in [1.807, 2.05) is 48.9 Å². The molecule has 1 fully saturated rings. The van der Waals surface area contributed by atoms with E-state index in [1.54, 1.807) is 0 Å². The number of aromatic amines is 1. The molecule has 0 bridgehead atoms. The van der Waals surface area contributed by atoms with E-state index >= 15 is 0 Å². The first-order valence-electron chi connectivity index (χ1n) is 10.3. The van der Waals surface area contributed by atoms with Crippen molar-refractivity contribution in [2.45, 2.75) is 45.2 Å². The molecule has 1 atom stereocenters. The van der Waals surface area contributed by atoms with Crippen LogP contribution in [0, 0.1) is 0 Å². The molecule has 0 spiro atoms. The fourth-order valence-corrected chi connectivity index (χ4v) is 4.08. The Kier molecular flexibility index (Phi) is 5.17. The Morgan fingerprint density at radius 2 is 2.10 bits per heavy atom. The zero-order chi connectivity index (χ0) is 20.7. The Hall–Kier alpha value is -2.67. The molecule has 1 aliphatic rings. The highest BCUT2D eigenvalue weighted by Gasteiger charge is 2.32. The molecular weight excluding hydrogens is 364 g/mol. The smallest absolute Gasteiger partial charge is 0.254 e. The van der Waals surface area contributed by atoms with E-state index < -0.39 is 0 Å². The predicted octanol–water partition coefficient (Wildman–Crippen LogP) is 3.46. The van der Waals surface area contributed by atoms with Gasteiger partial charge in [-0.2, -0.15) is 5.10 Å². The molecule has 2 aromatic heterocycles. The number of benzene rings is 1. The van der Waals surface area contributed by atoms with E-state index in [2.05, 4.69) is 34.8 Å². The van der Waals surface area contributed by atoms with Gasteiger partial charge in [-0.3, -0.25) is 9.48 Å². The standard InChI is InChI=1S/C22H30N6O/c1-14(2)21-23-17-9-8-15(11-18(17)24-21)22(29)28-10-6-7-20(28)19-12-16(13-26(3)4)27(5)25-19/h8-9,11-12,14,20H,6-7,10,13H2,1-5H3,(H,23,24)/t20-/m0/s1. The second-order valence-corrected chi connectivity index (χ2v) is 8.59. The molecule has 29 heavy (non-hydrogen) atoms. The van der Waals surface area contributed by atoms with Gasteiger partial charge in [0.2, 0.25) is 0 Å². The maximum Gasteiger partial charge on any atom is 0.254 e. The summed E-state index contributed by atoms with van der Waals surface area (Å²) in [5, 5.41) is 4.72. The summed E-state index contributed by atoms with van der Waals surface area (Å²) in [5.74, 6) is 1.34. The molecule has 7 nitrogen and oxygen atoms in total. The van der Waals surface area contributed by atoms with Crippen molar-refractivity contribution in [2.24, 2.45) is 7.05 Å². The van der Waals surface area contributed by atoms with E-state index in [9.17, 15) is 4.79 Å². The molecule has 3 aromatic rings. The number of carbonyl (C=O) groups excluding carboxylic acids is 1. The molecule has 4 rings (SSSR count). The number of hydrogen-bond donors (Lipinski definition) is 1. The van der Waals surface area contributed by atoms with Crippen LogP contribution in [0.4, 0.5) is 0 Å². The molecule has 7 heteroatoms. The molecule has 1 saturated heterocycles. The first kappa shape index (κ1) is 19.6. The summed E-state index contributed by atoms with van der Waals surface area (Å²) in [4.78, 5) is 25.4. The third-order valence-electron chi connectivity index (χ3n) is 5.62. The van der Waals surface area contributed by atoms with Gasteiger partial charge in [0.1, 0.15) is 5.82 Å². The Labute approximate surface area is 171 Å². The van der Waals surface area contributed by atoms with Crippen molar-refractivity contribution in [2.75, 3.05) is 20.6 Å². The number of rotatable bonds is 5. The van der Waals surface area contributed by atoms with Crippen molar-refractivity contribution in [3.8, 4) is 0 Å². The summed E-state index contributed by atoms with van der Waals surface area (Å²) in [6.07, 6.45) is 1.95. The molecule has 1 aromatic carbocycles. The number of fused-ring (bicyclic) bond motifs is 1. The summed E-state index contributed by atoms with van der Waals surface area (Å²) < 4.78 is 1.93. The zero-order valence-corrected chi connectivity index (χ0v) is 17.9. The van der Waals surface area contributed by atoms with Gasteiger partial charge in [0.05, 0.1) is 28.5 Å². The maximum absolute atomic E-state index is 13.3. The molecule has 1 aliphatic heterocycles. The van der Waals surface area contributed by atoms with Crippen LogP contribution >= 0.6 is 0 Å². The summed E-state index contributed by atoms with van der Waals surface area (Å²) >= 11 is 0. The quantitative estimate of drug-likeness (QED) is 0.719. The second-order valence-electron chi connectivity index (χ2n) is 8.59. The Balaban J connectivity index is 1.60. The topological polar surface area (TPSA) is 70.1 Å². The van der Waals surface area contributed by atoms with Crippen molar-refractivity contribution in [1.29, 1.82) is 0 Å². The van der Waals surface area contributed by atoms with Crippen LogP contribution in [-0.2, 0) is 13.6 Å². The summed E-state index contributed by atoms with van der Waals surface area (Å²) in [5.41, 5.74) is 4.67. The number of carbonyl (C=O) groups is 1. The lowest BCUT2D eigenvalue weighted by atomic mass is 10.1. The number of likely N-dealkylation sites (tertiary alicyclic amines) is 1. The minimum Gasteiger partial charge on any atom is -0.342 e. The minimum absolute atomic E-state index is 0.0355. The van der Waals surface area contributed by atoms with Crippen molar-refractivity contribution in [1.82, 2.24) is 29.5 Å². The number of aromatic nitrogens is 4. The van der Waals surface area contributed by atoms with Crippen LogP contribution in [0.15, 0.2) is 24.3 Å². The van der Waals surface area contributed by atoms with E-state index in [1.165, 1.54) is 0 Å². The largest absolute Gasteiger partial charge is 0.342 e. The van der Waals surface area contributed by atoms with Gasteiger partial charge in [0.25, 0.3) is 5.91 Å². The van der Waals surface area contributed by atoms with Crippen molar-refractivity contribution in [3.63, 3.8) is 0 Å². The highest BCUT2D eigenvalue weighted by atomic mass is 16.2. The number of nitrogens with one attached hydrogen (secondary N) is 1. The molecule has 0 aliphatic carbocycles. The Morgan fingerprint density at radius 3 is 2.83 bits per heavy atom. The van der Waals surface area contributed by atoms with Gasteiger partial charge in [-0.25, -0.2) is 4.98 Å². The Morgan fingerprint density at radius 1 is 1.31 bits per heavy atom. The van der Waals surface area contributed by atoms with Gasteiger partial charge in [-0.1, -0.05) is 13.8 Å². The molecular formula is C22H30N6O. The van der Waals surface area contributed by atoms with Gasteiger partial charge in [0, 0.05) is 31.6 Å². The molecule has 0 unspecified atom stereocenters. The zero-order valence-electron chi connectivity index (χ0n) is 17.9. The summed E-state index contributed by atoms with van der Waals surface area (Å²) in [7, 11) is 6.07. The van der Waals surface area contributed by atoms with Crippen LogP contribution in [0.3, 0.4) is 0 Å². The average molecular weight is 395 g/mol. The number of H-pyrrole nitrogens is 1. The van der Waals surface area contributed by atoms with Crippen LogP contribution in [0.2, 0.25) is 0 Å². The van der Waals surface area contributed by atoms with E-state index in [-0.39, 0.29) is 11.9 Å². The maximum atomic E-state index is 13.3. The lowest BCUT2D eigenvalue weighted by Gasteiger charge is -2.23. The third-order valence-corrected chi connectivity index (χ3v) is 5.62. The lowest BCUT2D eigenvalue weighted by molar-refractivity contribution is 0.0732. The number of aryl methyl sites for hydroxylation is 1. The normalized spacial score (nSPS) is 17.2. The van der Waals surface area contributed by atoms with Gasteiger partial charge in [-0.15, -0.1) is 0 Å². The van der Waals surface area contributed by atoms with E-state index in [0.29, 0.717) is 11.5 Å². The van der Waals surface area contributed by atoms with Gasteiger partial charge < -0.3 is 14.8 Å². The summed E-state index contributed by atoms with van der Waals surface area (Å²) in [6, 6.07) is 7.94. The highest BCUT2D eigenvalue weighted by molar-refractivity contribution is 5.97. The van der Waals surface area contributed by atoms with E-state index in [4.69, 9.17) is 5.10 Å². The van der Waals surface area contributed by atoms with Gasteiger partial charge in [-0.05, 0) is 51.2 Å². The second kappa shape index (κ2) is 7.63. The van der Waals surface area contributed by atoms with Gasteiger partial charge >= 0.3 is 0 Å². The fraction of sp³-hybridized carbons (Fsp3) is 0.500. The number of amides is 1. The summed E-state index contributed by atoms with van der Waals surface area (Å²) in [6.45, 7) is 5.81. The molecule has 0 saturated carbocycles. The molecule has 0 radical (unpaired) electrons. The van der Waals surface area contributed by atoms with Gasteiger partial charge in [0.15, 0.2) is 0 Å². The van der Waals surface area contributed by atoms with Crippen molar-refractivity contribution in [3.05, 3.63) is 47.0 Å². The third kappa shape index (κ3) is 3.79. The van der Waals surface area contributed by atoms with Crippen molar-refractivity contribution >= 4 is 16.9 Å². The van der Waals surface area contributed by atoms with Crippen LogP contribution in [0.25, 0.3) is 11.0 Å². The minimum atomic E-state index is 0.0355.